The molecular weight excluding hydrogens is 262 g/mol. The molecule has 0 amide bonds. The second-order valence-electron chi connectivity index (χ2n) is 4.76. The second kappa shape index (κ2) is 5.45. The van der Waals surface area contributed by atoms with Crippen molar-refractivity contribution >= 4 is 23.2 Å². The first-order valence-electron chi connectivity index (χ1n) is 6.10. The van der Waals surface area contributed by atoms with Crippen LogP contribution < -0.4 is 10.9 Å². The summed E-state index contributed by atoms with van der Waals surface area (Å²) in [6.07, 6.45) is 0. The Bertz CT molecular complexity index is 649. The number of halogens is 1. The van der Waals surface area contributed by atoms with Crippen molar-refractivity contribution in [2.45, 2.75) is 26.7 Å². The summed E-state index contributed by atoms with van der Waals surface area (Å²) < 4.78 is 0. The number of benzene rings is 1. The minimum absolute atomic E-state index is 0.167. The van der Waals surface area contributed by atoms with Gasteiger partial charge in [-0.15, -0.1) is 0 Å². The molecule has 5 heteroatoms. The summed E-state index contributed by atoms with van der Waals surface area (Å²) in [4.78, 5) is 18.6. The molecule has 2 aromatic rings. The number of H-pyrrole nitrogens is 1. The number of hydrogen-bond acceptors (Lipinski definition) is 3. The van der Waals surface area contributed by atoms with Crippen molar-refractivity contribution in [3.8, 4) is 0 Å². The van der Waals surface area contributed by atoms with E-state index in [1.807, 2.05) is 32.9 Å². The lowest BCUT2D eigenvalue weighted by Gasteiger charge is -2.09. The fraction of sp³-hybridized carbons (Fsp3) is 0.286. The maximum Gasteiger partial charge on any atom is 0.252 e. The van der Waals surface area contributed by atoms with Crippen molar-refractivity contribution < 1.29 is 0 Å². The van der Waals surface area contributed by atoms with Gasteiger partial charge in [-0.2, -0.15) is 0 Å². The van der Waals surface area contributed by atoms with Gasteiger partial charge in [0, 0.05) is 16.8 Å². The topological polar surface area (TPSA) is 57.8 Å². The van der Waals surface area contributed by atoms with Gasteiger partial charge in [0.15, 0.2) is 0 Å². The number of nitrogens with one attached hydrogen (secondary N) is 2. The van der Waals surface area contributed by atoms with Gasteiger partial charge in [0.2, 0.25) is 5.95 Å². The molecule has 0 radical (unpaired) electrons. The molecule has 0 atom stereocenters. The zero-order chi connectivity index (χ0) is 14.0. The maximum atomic E-state index is 11.6. The van der Waals surface area contributed by atoms with Crippen molar-refractivity contribution in [2.75, 3.05) is 5.32 Å². The molecule has 1 heterocycles. The average Bonchev–Trinajstić information content (AvgIpc) is 2.33. The van der Waals surface area contributed by atoms with E-state index in [-0.39, 0.29) is 11.5 Å². The minimum Gasteiger partial charge on any atom is -0.326 e. The number of rotatable bonds is 3. The van der Waals surface area contributed by atoms with E-state index in [0.717, 1.165) is 16.9 Å². The normalized spacial score (nSPS) is 10.8. The molecule has 0 aliphatic heterocycles. The molecule has 1 aromatic heterocycles. The van der Waals surface area contributed by atoms with Crippen LogP contribution in [0.2, 0.25) is 5.02 Å². The van der Waals surface area contributed by atoms with E-state index >= 15 is 0 Å². The molecule has 4 nitrogen and oxygen atoms in total. The molecule has 0 spiro atoms. The minimum atomic E-state index is -0.167. The van der Waals surface area contributed by atoms with Crippen molar-refractivity contribution in [2.24, 2.45) is 0 Å². The third-order valence-electron chi connectivity index (χ3n) is 2.79. The van der Waals surface area contributed by atoms with Gasteiger partial charge in [-0.05, 0) is 30.5 Å². The second-order valence-corrected chi connectivity index (χ2v) is 5.17. The van der Waals surface area contributed by atoms with Crippen LogP contribution in [0.15, 0.2) is 29.1 Å². The summed E-state index contributed by atoms with van der Waals surface area (Å²) in [7, 11) is 0. The molecule has 100 valence electrons. The predicted molar refractivity (Wildman–Crippen MR) is 78.4 cm³/mol. The molecule has 1 aromatic carbocycles. The van der Waals surface area contributed by atoms with Crippen LogP contribution in [0.25, 0.3) is 0 Å². The third kappa shape index (κ3) is 3.35. The predicted octanol–water partition coefficient (Wildman–Crippen LogP) is 3.60. The van der Waals surface area contributed by atoms with E-state index in [1.54, 1.807) is 6.07 Å². The monoisotopic (exact) mass is 277 g/mol. The molecule has 0 unspecified atom stereocenters. The van der Waals surface area contributed by atoms with Crippen LogP contribution in [0.3, 0.4) is 0 Å². The molecule has 0 bridgehead atoms. The highest BCUT2D eigenvalue weighted by molar-refractivity contribution is 6.31. The summed E-state index contributed by atoms with van der Waals surface area (Å²) in [6.45, 7) is 5.92. The summed E-state index contributed by atoms with van der Waals surface area (Å²) in [5, 5.41) is 3.73. The Balaban J connectivity index is 2.32. The molecule has 0 aliphatic rings. The van der Waals surface area contributed by atoms with E-state index < -0.39 is 0 Å². The number of aromatic nitrogens is 2. The molecule has 2 N–H and O–H groups in total. The number of aromatic amines is 1. The highest BCUT2D eigenvalue weighted by atomic mass is 35.5. The Kier molecular flexibility index (Phi) is 3.90. The standard InChI is InChI=1S/C14H16ClN3O/c1-8(2)12-7-13(19)18-14(17-12)16-10-5-4-9(3)11(15)6-10/h4-8H,1-3H3,(H2,16,17,18,19). The average molecular weight is 278 g/mol. The summed E-state index contributed by atoms with van der Waals surface area (Å²) in [5.41, 5.74) is 2.38. The van der Waals surface area contributed by atoms with Gasteiger partial charge < -0.3 is 5.32 Å². The molecule has 0 aliphatic carbocycles. The highest BCUT2D eigenvalue weighted by Crippen LogP contribution is 2.22. The van der Waals surface area contributed by atoms with Crippen molar-refractivity contribution in [3.63, 3.8) is 0 Å². The zero-order valence-corrected chi connectivity index (χ0v) is 11.9. The van der Waals surface area contributed by atoms with Crippen LogP contribution in [0.4, 0.5) is 11.6 Å². The van der Waals surface area contributed by atoms with Crippen molar-refractivity contribution in [1.29, 1.82) is 0 Å². The third-order valence-corrected chi connectivity index (χ3v) is 3.19. The summed E-state index contributed by atoms with van der Waals surface area (Å²) >= 11 is 6.06. The van der Waals surface area contributed by atoms with Gasteiger partial charge in [-0.1, -0.05) is 31.5 Å². The molecule has 19 heavy (non-hydrogen) atoms. The zero-order valence-electron chi connectivity index (χ0n) is 11.1. The Morgan fingerprint density at radius 2 is 2.05 bits per heavy atom. The van der Waals surface area contributed by atoms with Gasteiger partial charge in [-0.25, -0.2) is 4.98 Å². The number of hydrogen-bond donors (Lipinski definition) is 2. The lowest BCUT2D eigenvalue weighted by atomic mass is 10.1. The molecule has 0 saturated carbocycles. The Morgan fingerprint density at radius 3 is 2.68 bits per heavy atom. The Morgan fingerprint density at radius 1 is 1.32 bits per heavy atom. The van der Waals surface area contributed by atoms with E-state index in [9.17, 15) is 4.79 Å². The van der Waals surface area contributed by atoms with Crippen LogP contribution >= 0.6 is 11.6 Å². The van der Waals surface area contributed by atoms with Crippen molar-refractivity contribution in [3.05, 3.63) is 50.9 Å². The fourth-order valence-electron chi connectivity index (χ4n) is 1.64. The molecule has 2 rings (SSSR count). The molecular formula is C14H16ClN3O. The number of aryl methyl sites for hydroxylation is 1. The van der Waals surface area contributed by atoms with Crippen molar-refractivity contribution in [1.82, 2.24) is 9.97 Å². The van der Waals surface area contributed by atoms with Crippen LogP contribution in [0.1, 0.15) is 31.0 Å². The van der Waals surface area contributed by atoms with E-state index in [4.69, 9.17) is 11.6 Å². The first kappa shape index (κ1) is 13.6. The summed E-state index contributed by atoms with van der Waals surface area (Å²) in [5.74, 6) is 0.626. The lowest BCUT2D eigenvalue weighted by Crippen LogP contribution is -2.12. The largest absolute Gasteiger partial charge is 0.326 e. The van der Waals surface area contributed by atoms with E-state index in [1.165, 1.54) is 6.07 Å². The van der Waals surface area contributed by atoms with Crippen LogP contribution in [-0.2, 0) is 0 Å². The number of anilines is 2. The van der Waals surface area contributed by atoms with Crippen LogP contribution in [-0.4, -0.2) is 9.97 Å². The lowest BCUT2D eigenvalue weighted by molar-refractivity contribution is 0.812. The van der Waals surface area contributed by atoms with Gasteiger partial charge in [0.1, 0.15) is 0 Å². The van der Waals surface area contributed by atoms with Gasteiger partial charge in [-0.3, -0.25) is 9.78 Å². The SMILES string of the molecule is Cc1ccc(Nc2nc(C(C)C)cc(=O)[nH]2)cc1Cl. The Labute approximate surface area is 116 Å². The number of nitrogens with zero attached hydrogens (tertiary/aromatic N) is 1. The van der Waals surface area contributed by atoms with Crippen LogP contribution in [0, 0.1) is 6.92 Å². The van der Waals surface area contributed by atoms with E-state index in [0.29, 0.717) is 11.0 Å². The van der Waals surface area contributed by atoms with Crippen LogP contribution in [0.5, 0.6) is 0 Å². The first-order valence-corrected chi connectivity index (χ1v) is 6.48. The molecule has 0 fully saturated rings. The maximum absolute atomic E-state index is 11.6. The summed E-state index contributed by atoms with van der Waals surface area (Å²) in [6, 6.07) is 7.12. The quantitative estimate of drug-likeness (QED) is 0.901. The molecule has 0 saturated heterocycles. The fourth-order valence-corrected chi connectivity index (χ4v) is 1.82. The van der Waals surface area contributed by atoms with Gasteiger partial charge in [0.05, 0.1) is 5.69 Å². The smallest absolute Gasteiger partial charge is 0.252 e. The highest BCUT2D eigenvalue weighted by Gasteiger charge is 2.06. The van der Waals surface area contributed by atoms with Gasteiger partial charge >= 0.3 is 0 Å². The van der Waals surface area contributed by atoms with E-state index in [2.05, 4.69) is 15.3 Å². The van der Waals surface area contributed by atoms with Gasteiger partial charge in [0.25, 0.3) is 5.56 Å². The Hall–Kier alpha value is -1.81. The first-order chi connectivity index (χ1) is 8.95.